The van der Waals surface area contributed by atoms with E-state index < -0.39 is 0 Å². The molecule has 0 radical (unpaired) electrons. The van der Waals surface area contributed by atoms with Crippen LogP contribution in [-0.4, -0.2) is 21.5 Å². The third-order valence-electron chi connectivity index (χ3n) is 3.09. The van der Waals surface area contributed by atoms with Gasteiger partial charge < -0.3 is 5.32 Å². The second kappa shape index (κ2) is 6.79. The number of nitrogens with zero attached hydrogens (tertiary/aromatic N) is 3. The largest absolute Gasteiger partial charge is 0.370 e. The molecule has 5 heteroatoms. The first-order valence-electron chi connectivity index (χ1n) is 6.89. The van der Waals surface area contributed by atoms with Gasteiger partial charge in [-0.25, -0.2) is 9.97 Å². The second-order valence-electron chi connectivity index (χ2n) is 4.58. The molecule has 0 saturated heterocycles. The number of rotatable bonds is 5. The predicted octanol–water partition coefficient (Wildman–Crippen LogP) is 3.99. The van der Waals surface area contributed by atoms with E-state index in [0.717, 1.165) is 46.6 Å². The Balaban J connectivity index is 2.51. The Morgan fingerprint density at radius 3 is 2.70 bits per heavy atom. The lowest BCUT2D eigenvalue weighted by molar-refractivity contribution is 0.933. The highest BCUT2D eigenvalue weighted by Crippen LogP contribution is 2.26. The molecule has 106 valence electrons. The van der Waals surface area contributed by atoms with E-state index in [-0.39, 0.29) is 0 Å². The van der Waals surface area contributed by atoms with Crippen LogP contribution in [0.3, 0.4) is 0 Å². The molecule has 0 spiro atoms. The molecule has 2 heterocycles. The van der Waals surface area contributed by atoms with E-state index in [1.165, 1.54) is 0 Å². The van der Waals surface area contributed by atoms with Gasteiger partial charge in [-0.05, 0) is 47.8 Å². The Bertz CT molecular complexity index is 598. The van der Waals surface area contributed by atoms with Gasteiger partial charge in [-0.2, -0.15) is 0 Å². The molecule has 0 bridgehead atoms. The van der Waals surface area contributed by atoms with Crippen molar-refractivity contribution in [3.8, 4) is 11.5 Å². The smallest absolute Gasteiger partial charge is 0.181 e. The zero-order valence-corrected chi connectivity index (χ0v) is 13.7. The molecule has 20 heavy (non-hydrogen) atoms. The lowest BCUT2D eigenvalue weighted by atomic mass is 10.2. The minimum Gasteiger partial charge on any atom is -0.370 e. The molecule has 0 amide bonds. The van der Waals surface area contributed by atoms with Crippen LogP contribution in [0.1, 0.15) is 31.5 Å². The van der Waals surface area contributed by atoms with Gasteiger partial charge in [0.05, 0.1) is 0 Å². The van der Waals surface area contributed by atoms with Crippen molar-refractivity contribution in [2.24, 2.45) is 0 Å². The van der Waals surface area contributed by atoms with E-state index in [0.29, 0.717) is 5.82 Å². The Labute approximate surface area is 128 Å². The van der Waals surface area contributed by atoms with Crippen LogP contribution in [0.2, 0.25) is 0 Å². The monoisotopic (exact) mass is 334 g/mol. The summed E-state index contributed by atoms with van der Waals surface area (Å²) in [5, 5.41) is 3.37. The molecule has 0 saturated carbocycles. The molecule has 2 rings (SSSR count). The first-order valence-corrected chi connectivity index (χ1v) is 7.68. The summed E-state index contributed by atoms with van der Waals surface area (Å²) in [5.74, 6) is 1.57. The van der Waals surface area contributed by atoms with Crippen LogP contribution in [0.4, 0.5) is 5.82 Å². The number of aromatic nitrogens is 3. The SMILES string of the molecule is CCCNc1nc(-c2ncccc2Br)nc(CC)c1C. The van der Waals surface area contributed by atoms with Crippen LogP contribution in [0.15, 0.2) is 22.8 Å². The van der Waals surface area contributed by atoms with Crippen molar-refractivity contribution in [1.82, 2.24) is 15.0 Å². The lowest BCUT2D eigenvalue weighted by Gasteiger charge is -2.13. The van der Waals surface area contributed by atoms with Gasteiger partial charge in [0.25, 0.3) is 0 Å². The minimum absolute atomic E-state index is 0.665. The first kappa shape index (κ1) is 14.9. The Morgan fingerprint density at radius 2 is 2.05 bits per heavy atom. The Morgan fingerprint density at radius 1 is 1.25 bits per heavy atom. The van der Waals surface area contributed by atoms with Gasteiger partial charge in [0.15, 0.2) is 5.82 Å². The number of hydrogen-bond acceptors (Lipinski definition) is 4. The highest BCUT2D eigenvalue weighted by atomic mass is 79.9. The summed E-state index contributed by atoms with van der Waals surface area (Å²) < 4.78 is 0.910. The maximum Gasteiger partial charge on any atom is 0.181 e. The van der Waals surface area contributed by atoms with E-state index in [2.05, 4.69) is 57.0 Å². The second-order valence-corrected chi connectivity index (χ2v) is 5.44. The van der Waals surface area contributed by atoms with Crippen molar-refractivity contribution in [3.05, 3.63) is 34.1 Å². The summed E-state index contributed by atoms with van der Waals surface area (Å²) in [4.78, 5) is 13.7. The van der Waals surface area contributed by atoms with Crippen LogP contribution in [0.25, 0.3) is 11.5 Å². The Kier molecular flexibility index (Phi) is 5.06. The molecule has 0 unspecified atom stereocenters. The van der Waals surface area contributed by atoms with Gasteiger partial charge in [0.1, 0.15) is 11.5 Å². The summed E-state index contributed by atoms with van der Waals surface area (Å²) in [6.45, 7) is 7.22. The van der Waals surface area contributed by atoms with E-state index >= 15 is 0 Å². The summed E-state index contributed by atoms with van der Waals surface area (Å²) in [7, 11) is 0. The molecular weight excluding hydrogens is 316 g/mol. The van der Waals surface area contributed by atoms with Crippen molar-refractivity contribution in [2.75, 3.05) is 11.9 Å². The van der Waals surface area contributed by atoms with Gasteiger partial charge in [-0.1, -0.05) is 13.8 Å². The van der Waals surface area contributed by atoms with Crippen LogP contribution in [0, 0.1) is 6.92 Å². The van der Waals surface area contributed by atoms with Gasteiger partial charge in [0.2, 0.25) is 0 Å². The van der Waals surface area contributed by atoms with Gasteiger partial charge in [0, 0.05) is 28.5 Å². The third-order valence-corrected chi connectivity index (χ3v) is 3.73. The van der Waals surface area contributed by atoms with Crippen molar-refractivity contribution >= 4 is 21.7 Å². The number of anilines is 1. The molecule has 0 aliphatic rings. The van der Waals surface area contributed by atoms with Crippen LogP contribution in [0.5, 0.6) is 0 Å². The maximum absolute atomic E-state index is 4.65. The average Bonchev–Trinajstić information content (AvgIpc) is 2.47. The van der Waals surface area contributed by atoms with Crippen LogP contribution in [-0.2, 0) is 6.42 Å². The fourth-order valence-electron chi connectivity index (χ4n) is 1.98. The number of aryl methyl sites for hydroxylation is 1. The van der Waals surface area contributed by atoms with E-state index in [1.807, 2.05) is 12.1 Å². The van der Waals surface area contributed by atoms with Crippen molar-refractivity contribution in [1.29, 1.82) is 0 Å². The normalized spacial score (nSPS) is 10.6. The third kappa shape index (κ3) is 3.15. The fraction of sp³-hybridized carbons (Fsp3) is 0.400. The topological polar surface area (TPSA) is 50.7 Å². The molecule has 4 nitrogen and oxygen atoms in total. The molecule has 0 atom stereocenters. The van der Waals surface area contributed by atoms with E-state index in [9.17, 15) is 0 Å². The molecule has 2 aromatic rings. The Hall–Kier alpha value is -1.49. The van der Waals surface area contributed by atoms with Gasteiger partial charge >= 0.3 is 0 Å². The number of nitrogens with one attached hydrogen (secondary N) is 1. The highest BCUT2D eigenvalue weighted by Gasteiger charge is 2.13. The van der Waals surface area contributed by atoms with Crippen molar-refractivity contribution in [3.63, 3.8) is 0 Å². The number of halogens is 1. The molecule has 0 aliphatic carbocycles. The average molecular weight is 335 g/mol. The van der Waals surface area contributed by atoms with Crippen molar-refractivity contribution in [2.45, 2.75) is 33.6 Å². The molecule has 0 aliphatic heterocycles. The lowest BCUT2D eigenvalue weighted by Crippen LogP contribution is -2.09. The van der Waals surface area contributed by atoms with Crippen LogP contribution < -0.4 is 5.32 Å². The zero-order valence-electron chi connectivity index (χ0n) is 12.1. The molecule has 2 aromatic heterocycles. The summed E-state index contributed by atoms with van der Waals surface area (Å²) in [5.41, 5.74) is 2.96. The van der Waals surface area contributed by atoms with E-state index in [1.54, 1.807) is 6.20 Å². The summed E-state index contributed by atoms with van der Waals surface area (Å²) >= 11 is 3.51. The number of hydrogen-bond donors (Lipinski definition) is 1. The van der Waals surface area contributed by atoms with Gasteiger partial charge in [-0.3, -0.25) is 4.98 Å². The van der Waals surface area contributed by atoms with Crippen LogP contribution >= 0.6 is 15.9 Å². The predicted molar refractivity (Wildman–Crippen MR) is 85.9 cm³/mol. The first-order chi connectivity index (χ1) is 9.67. The quantitative estimate of drug-likeness (QED) is 0.897. The highest BCUT2D eigenvalue weighted by molar-refractivity contribution is 9.10. The van der Waals surface area contributed by atoms with E-state index in [4.69, 9.17) is 0 Å². The van der Waals surface area contributed by atoms with Gasteiger partial charge in [-0.15, -0.1) is 0 Å². The zero-order chi connectivity index (χ0) is 14.5. The number of pyridine rings is 1. The molecule has 0 fully saturated rings. The molecule has 1 N–H and O–H groups in total. The summed E-state index contributed by atoms with van der Waals surface area (Å²) in [6, 6.07) is 3.84. The van der Waals surface area contributed by atoms with Crippen molar-refractivity contribution < 1.29 is 0 Å². The maximum atomic E-state index is 4.65. The minimum atomic E-state index is 0.665. The fourth-order valence-corrected chi connectivity index (χ4v) is 2.41. The molecular formula is C15H19BrN4. The standard InChI is InChI=1S/C15H19BrN4/c1-4-8-18-14-10(3)12(5-2)19-15(20-14)13-11(16)7-6-9-17-13/h6-7,9H,4-5,8H2,1-3H3,(H,18,19,20). The summed E-state index contributed by atoms with van der Waals surface area (Å²) in [6.07, 6.45) is 3.70. The molecule has 0 aromatic carbocycles.